The molecule has 0 aromatic carbocycles. The Morgan fingerprint density at radius 3 is 3.10 bits per heavy atom. The molecule has 0 saturated heterocycles. The van der Waals surface area contributed by atoms with Crippen LogP contribution in [-0.4, -0.2) is 9.55 Å². The van der Waals surface area contributed by atoms with Crippen LogP contribution in [0.1, 0.15) is 19.2 Å². The van der Waals surface area contributed by atoms with E-state index in [2.05, 4.69) is 11.9 Å². The van der Waals surface area contributed by atoms with Crippen LogP contribution in [0.3, 0.4) is 0 Å². The molecule has 0 saturated carbocycles. The fourth-order valence-corrected chi connectivity index (χ4v) is 0.958. The molecule has 0 aliphatic carbocycles. The van der Waals surface area contributed by atoms with Gasteiger partial charge in [-0.1, -0.05) is 6.92 Å². The van der Waals surface area contributed by atoms with Crippen LogP contribution in [0.5, 0.6) is 0 Å². The zero-order valence-corrected chi connectivity index (χ0v) is 6.25. The highest BCUT2D eigenvalue weighted by atomic mass is 15.1. The summed E-state index contributed by atoms with van der Waals surface area (Å²) in [6, 6.07) is 0. The zero-order chi connectivity index (χ0) is 7.40. The molecular weight excluding hydrogens is 126 g/mol. The Bertz CT molecular complexity index is 192. The highest BCUT2D eigenvalue weighted by molar-refractivity contribution is 4.91. The summed E-state index contributed by atoms with van der Waals surface area (Å²) < 4.78 is 1.96. The van der Waals surface area contributed by atoms with Gasteiger partial charge in [-0.2, -0.15) is 0 Å². The first-order chi connectivity index (χ1) is 4.88. The first-order valence-corrected chi connectivity index (χ1v) is 3.58. The van der Waals surface area contributed by atoms with E-state index in [9.17, 15) is 0 Å². The van der Waals surface area contributed by atoms with Gasteiger partial charge in [-0.25, -0.2) is 4.98 Å². The van der Waals surface area contributed by atoms with Crippen LogP contribution in [0, 0.1) is 0 Å². The molecule has 0 bridgehead atoms. The van der Waals surface area contributed by atoms with E-state index in [4.69, 9.17) is 5.73 Å². The van der Waals surface area contributed by atoms with E-state index in [0.717, 1.165) is 18.7 Å². The summed E-state index contributed by atoms with van der Waals surface area (Å²) in [6.07, 6.45) is 5.84. The quantitative estimate of drug-likeness (QED) is 0.671. The molecule has 1 rings (SSSR count). The second-order valence-electron chi connectivity index (χ2n) is 2.25. The van der Waals surface area contributed by atoms with Gasteiger partial charge in [0, 0.05) is 18.8 Å². The Hall–Kier alpha value is -0.830. The summed E-state index contributed by atoms with van der Waals surface area (Å²) in [6.45, 7) is 2.67. The maximum absolute atomic E-state index is 5.45. The second-order valence-corrected chi connectivity index (χ2v) is 2.25. The zero-order valence-electron chi connectivity index (χ0n) is 6.25. The van der Waals surface area contributed by atoms with Crippen LogP contribution < -0.4 is 5.73 Å². The van der Waals surface area contributed by atoms with Crippen LogP contribution in [0.25, 0.3) is 0 Å². The Kier molecular flexibility index (Phi) is 2.45. The van der Waals surface area contributed by atoms with E-state index in [1.807, 2.05) is 10.8 Å². The van der Waals surface area contributed by atoms with Gasteiger partial charge in [-0.15, -0.1) is 0 Å². The number of nitrogens with zero attached hydrogens (tertiary/aromatic N) is 2. The molecule has 3 heteroatoms. The molecule has 1 heterocycles. The van der Waals surface area contributed by atoms with Crippen molar-refractivity contribution >= 4 is 0 Å². The average molecular weight is 139 g/mol. The molecule has 0 atom stereocenters. The van der Waals surface area contributed by atoms with Gasteiger partial charge in [0.25, 0.3) is 0 Å². The molecule has 0 aliphatic rings. The number of nitrogens with two attached hydrogens (primary N) is 1. The predicted octanol–water partition coefficient (Wildman–Crippen LogP) is 0.752. The number of aryl methyl sites for hydroxylation is 1. The van der Waals surface area contributed by atoms with Crippen LogP contribution in [0.15, 0.2) is 12.4 Å². The van der Waals surface area contributed by atoms with Crippen molar-refractivity contribution in [1.82, 2.24) is 9.55 Å². The second kappa shape index (κ2) is 3.37. The van der Waals surface area contributed by atoms with Gasteiger partial charge in [0.2, 0.25) is 0 Å². The number of imidazole rings is 1. The van der Waals surface area contributed by atoms with Gasteiger partial charge in [0.05, 0.1) is 6.67 Å². The maximum Gasteiger partial charge on any atom is 0.109 e. The van der Waals surface area contributed by atoms with E-state index in [1.54, 1.807) is 6.20 Å². The minimum atomic E-state index is 0.537. The van der Waals surface area contributed by atoms with E-state index in [0.29, 0.717) is 6.67 Å². The van der Waals surface area contributed by atoms with Crippen molar-refractivity contribution in [3.63, 3.8) is 0 Å². The molecule has 10 heavy (non-hydrogen) atoms. The molecule has 1 aromatic heterocycles. The van der Waals surface area contributed by atoms with Gasteiger partial charge in [0.1, 0.15) is 5.82 Å². The highest BCUT2D eigenvalue weighted by Crippen LogP contribution is 1.98. The van der Waals surface area contributed by atoms with Gasteiger partial charge in [0.15, 0.2) is 0 Å². The van der Waals surface area contributed by atoms with Crippen LogP contribution >= 0.6 is 0 Å². The number of hydrogen-bond acceptors (Lipinski definition) is 2. The molecule has 2 N–H and O–H groups in total. The summed E-state index contributed by atoms with van der Waals surface area (Å²) in [7, 11) is 0. The van der Waals surface area contributed by atoms with Gasteiger partial charge >= 0.3 is 0 Å². The lowest BCUT2D eigenvalue weighted by Crippen LogP contribution is -2.09. The third-order valence-corrected chi connectivity index (χ3v) is 1.47. The fraction of sp³-hybridized carbons (Fsp3) is 0.571. The Morgan fingerprint density at radius 2 is 2.50 bits per heavy atom. The van der Waals surface area contributed by atoms with Crippen molar-refractivity contribution in [1.29, 1.82) is 0 Å². The molecule has 0 spiro atoms. The summed E-state index contributed by atoms with van der Waals surface area (Å²) in [5, 5.41) is 0. The highest BCUT2D eigenvalue weighted by Gasteiger charge is 1.96. The standard InChI is InChI=1S/C7H13N3/c1-2-3-7-9-4-5-10(7)6-8/h4-5H,2-3,6,8H2,1H3. The van der Waals surface area contributed by atoms with Crippen molar-refractivity contribution in [3.05, 3.63) is 18.2 Å². The van der Waals surface area contributed by atoms with Crippen molar-refractivity contribution in [2.24, 2.45) is 5.73 Å². The van der Waals surface area contributed by atoms with E-state index >= 15 is 0 Å². The normalized spacial score (nSPS) is 10.2. The monoisotopic (exact) mass is 139 g/mol. The smallest absolute Gasteiger partial charge is 0.109 e. The lowest BCUT2D eigenvalue weighted by atomic mass is 10.3. The Morgan fingerprint density at radius 1 is 1.70 bits per heavy atom. The van der Waals surface area contributed by atoms with Crippen LogP contribution in [0.2, 0.25) is 0 Å². The lowest BCUT2D eigenvalue weighted by Gasteiger charge is -2.00. The van der Waals surface area contributed by atoms with Gasteiger partial charge in [-0.05, 0) is 6.42 Å². The number of rotatable bonds is 3. The van der Waals surface area contributed by atoms with E-state index in [1.165, 1.54) is 0 Å². The number of hydrogen-bond donors (Lipinski definition) is 1. The minimum Gasteiger partial charge on any atom is -0.322 e. The predicted molar refractivity (Wildman–Crippen MR) is 40.4 cm³/mol. The van der Waals surface area contributed by atoms with Crippen molar-refractivity contribution in [2.75, 3.05) is 0 Å². The van der Waals surface area contributed by atoms with Crippen molar-refractivity contribution in [3.8, 4) is 0 Å². The minimum absolute atomic E-state index is 0.537. The third-order valence-electron chi connectivity index (χ3n) is 1.47. The Balaban J connectivity index is 2.70. The van der Waals surface area contributed by atoms with E-state index in [-0.39, 0.29) is 0 Å². The summed E-state index contributed by atoms with van der Waals surface area (Å²) in [5.41, 5.74) is 5.45. The van der Waals surface area contributed by atoms with Crippen LogP contribution in [-0.2, 0) is 13.1 Å². The van der Waals surface area contributed by atoms with E-state index < -0.39 is 0 Å². The van der Waals surface area contributed by atoms with Gasteiger partial charge in [-0.3, -0.25) is 0 Å². The molecule has 0 aliphatic heterocycles. The SMILES string of the molecule is CCCc1nccn1CN. The van der Waals surface area contributed by atoms with Crippen molar-refractivity contribution in [2.45, 2.75) is 26.4 Å². The molecule has 0 fully saturated rings. The summed E-state index contributed by atoms with van der Waals surface area (Å²) in [5.74, 6) is 1.09. The first kappa shape index (κ1) is 7.28. The molecule has 0 unspecified atom stereocenters. The topological polar surface area (TPSA) is 43.8 Å². The summed E-state index contributed by atoms with van der Waals surface area (Å²) >= 11 is 0. The molecule has 56 valence electrons. The first-order valence-electron chi connectivity index (χ1n) is 3.58. The Labute approximate surface area is 60.9 Å². The molecule has 0 radical (unpaired) electrons. The maximum atomic E-state index is 5.45. The van der Waals surface area contributed by atoms with Crippen LogP contribution in [0.4, 0.5) is 0 Å². The molecular formula is C7H13N3. The molecule has 1 aromatic rings. The lowest BCUT2D eigenvalue weighted by molar-refractivity contribution is 0.665. The largest absolute Gasteiger partial charge is 0.322 e. The molecule has 0 amide bonds. The molecule has 3 nitrogen and oxygen atoms in total. The van der Waals surface area contributed by atoms with Gasteiger partial charge < -0.3 is 10.3 Å². The number of aromatic nitrogens is 2. The fourth-order valence-electron chi connectivity index (χ4n) is 0.958. The summed E-state index contributed by atoms with van der Waals surface area (Å²) in [4.78, 5) is 4.16. The third kappa shape index (κ3) is 1.36. The van der Waals surface area contributed by atoms with Crippen molar-refractivity contribution < 1.29 is 0 Å². The average Bonchev–Trinajstić information content (AvgIpc) is 2.36.